The van der Waals surface area contributed by atoms with E-state index in [1.54, 1.807) is 0 Å². The van der Waals surface area contributed by atoms with E-state index in [0.29, 0.717) is 5.89 Å². The van der Waals surface area contributed by atoms with Crippen LogP contribution in [0, 0.1) is 0 Å². The molecule has 0 saturated carbocycles. The third kappa shape index (κ3) is 6.54. The third-order valence-corrected chi connectivity index (χ3v) is 17.8. The Balaban J connectivity index is 1.14. The zero-order chi connectivity index (χ0) is 43.2. The van der Waals surface area contributed by atoms with E-state index in [2.05, 4.69) is 229 Å². The van der Waals surface area contributed by atoms with Gasteiger partial charge in [-0.15, -0.1) is 0 Å². The first kappa shape index (κ1) is 38.4. The normalized spacial score (nSPS) is 11.7. The van der Waals surface area contributed by atoms with Gasteiger partial charge in [-0.25, -0.2) is 4.98 Å². The van der Waals surface area contributed by atoms with Gasteiger partial charge in [-0.05, 0) is 102 Å². The van der Waals surface area contributed by atoms with Crippen molar-refractivity contribution in [1.29, 1.82) is 0 Å². The molecule has 3 nitrogen and oxygen atoms in total. The Labute approximate surface area is 379 Å². The lowest BCUT2D eigenvalue weighted by atomic mass is 9.95. The van der Waals surface area contributed by atoms with Crippen LogP contribution in [-0.2, 0) is 0 Å². The van der Waals surface area contributed by atoms with Crippen molar-refractivity contribution in [1.82, 2.24) is 4.98 Å². The number of hydrogen-bond acceptors (Lipinski definition) is 3. The third-order valence-electron chi connectivity index (χ3n) is 13.0. The van der Waals surface area contributed by atoms with Crippen LogP contribution in [0.3, 0.4) is 0 Å². The number of anilines is 3. The van der Waals surface area contributed by atoms with E-state index in [4.69, 9.17) is 9.40 Å². The molecule has 11 aromatic carbocycles. The van der Waals surface area contributed by atoms with E-state index >= 15 is 0 Å². The number of nitrogens with zero attached hydrogens (tertiary/aromatic N) is 2. The van der Waals surface area contributed by atoms with E-state index < -0.39 is 8.07 Å². The molecule has 4 heteroatoms. The fourth-order valence-corrected chi connectivity index (χ4v) is 14.9. The van der Waals surface area contributed by atoms with Gasteiger partial charge in [-0.3, -0.25) is 0 Å². The van der Waals surface area contributed by atoms with Gasteiger partial charge in [0.2, 0.25) is 5.89 Å². The van der Waals surface area contributed by atoms with E-state index in [0.717, 1.165) is 60.8 Å². The van der Waals surface area contributed by atoms with Crippen molar-refractivity contribution >= 4 is 89.3 Å². The molecule has 12 rings (SSSR count). The lowest BCUT2D eigenvalue weighted by molar-refractivity contribution is 0.623. The first-order valence-corrected chi connectivity index (χ1v) is 24.2. The zero-order valence-corrected chi connectivity index (χ0v) is 36.6. The summed E-state index contributed by atoms with van der Waals surface area (Å²) < 4.78 is 6.72. The summed E-state index contributed by atoms with van der Waals surface area (Å²) in [5.41, 5.74) is 8.12. The number of fused-ring (bicyclic) bond motifs is 6. The summed E-state index contributed by atoms with van der Waals surface area (Å²) in [6, 6.07) is 92.7. The maximum absolute atomic E-state index is 6.72. The molecule has 0 aliphatic rings. The highest BCUT2D eigenvalue weighted by Crippen LogP contribution is 2.44. The van der Waals surface area contributed by atoms with Crippen molar-refractivity contribution in [2.75, 3.05) is 4.90 Å². The maximum atomic E-state index is 6.72. The van der Waals surface area contributed by atoms with E-state index in [1.807, 2.05) is 30.3 Å². The number of benzene rings is 11. The van der Waals surface area contributed by atoms with Crippen LogP contribution in [0.1, 0.15) is 0 Å². The second-order valence-corrected chi connectivity index (χ2v) is 20.5. The molecule has 65 heavy (non-hydrogen) atoms. The molecule has 0 aliphatic carbocycles. The van der Waals surface area contributed by atoms with Gasteiger partial charge in [0.25, 0.3) is 0 Å². The molecule has 0 aliphatic heterocycles. The smallest absolute Gasteiger partial charge is 0.227 e. The highest BCUT2D eigenvalue weighted by molar-refractivity contribution is 7.19. The standard InChI is InChI=1S/C61H42N2OSi/c1-5-20-46(21-6-1)61-62-57-40-38-45-36-35-44-37-39-48(42-56(44)59(45)60(57)64-61)63(58-34-16-15-32-55(58)54-33-17-22-43-19-13-14-31-53(43)54)47-23-18-30-52(41-47)65(49-24-7-2-8-25-49,50-26-9-3-10-27-50)51-28-11-4-12-29-51/h1-42H. The minimum atomic E-state index is -2.88. The van der Waals surface area contributed by atoms with Crippen molar-refractivity contribution < 1.29 is 4.42 Å². The fourth-order valence-electron chi connectivity index (χ4n) is 10.1. The van der Waals surface area contributed by atoms with Crippen molar-refractivity contribution in [2.24, 2.45) is 0 Å². The molecule has 1 aromatic heterocycles. The summed E-state index contributed by atoms with van der Waals surface area (Å²) in [5.74, 6) is 0.617. The fraction of sp³-hybridized carbons (Fsp3) is 0. The molecule has 1 heterocycles. The predicted octanol–water partition coefficient (Wildman–Crippen LogP) is 13.5. The summed E-state index contributed by atoms with van der Waals surface area (Å²) in [6.07, 6.45) is 0. The molecule has 12 aromatic rings. The van der Waals surface area contributed by atoms with Crippen LogP contribution in [0.4, 0.5) is 17.1 Å². The van der Waals surface area contributed by atoms with Crippen LogP contribution in [-0.4, -0.2) is 13.1 Å². The molecule has 0 saturated heterocycles. The van der Waals surface area contributed by atoms with Crippen molar-refractivity contribution in [3.63, 3.8) is 0 Å². The van der Waals surface area contributed by atoms with Gasteiger partial charge >= 0.3 is 0 Å². The lowest BCUT2D eigenvalue weighted by Gasteiger charge is -2.36. The largest absolute Gasteiger partial charge is 0.435 e. The molecular formula is C61H42N2OSi. The van der Waals surface area contributed by atoms with Crippen LogP contribution >= 0.6 is 0 Å². The Kier molecular flexibility index (Phi) is 9.51. The minimum absolute atomic E-state index is 0.617. The van der Waals surface area contributed by atoms with Gasteiger partial charge in [0.1, 0.15) is 5.52 Å². The molecule has 0 bridgehead atoms. The first-order valence-electron chi connectivity index (χ1n) is 22.2. The summed E-state index contributed by atoms with van der Waals surface area (Å²) in [6.45, 7) is 0. The first-order chi connectivity index (χ1) is 32.2. The van der Waals surface area contributed by atoms with Crippen LogP contribution in [0.15, 0.2) is 259 Å². The summed E-state index contributed by atoms with van der Waals surface area (Å²) in [7, 11) is -2.88. The Morgan fingerprint density at radius 3 is 1.63 bits per heavy atom. The second-order valence-electron chi connectivity index (χ2n) is 16.6. The highest BCUT2D eigenvalue weighted by Gasteiger charge is 2.41. The topological polar surface area (TPSA) is 29.3 Å². The van der Waals surface area contributed by atoms with Crippen molar-refractivity contribution in [3.8, 4) is 22.6 Å². The number of para-hydroxylation sites is 1. The number of aromatic nitrogens is 1. The molecule has 306 valence electrons. The number of hydrogen-bond donors (Lipinski definition) is 0. The molecule has 0 amide bonds. The van der Waals surface area contributed by atoms with Gasteiger partial charge in [0, 0.05) is 27.9 Å². The van der Waals surface area contributed by atoms with E-state index in [1.165, 1.54) is 37.1 Å². The molecular weight excluding hydrogens is 805 g/mol. The SMILES string of the molecule is c1ccc(-c2nc3ccc4ccc5ccc(N(c6cccc([Si](c7ccccc7)(c7ccccc7)c7ccccc7)c6)c6ccccc6-c6cccc7ccccc67)cc5c4c3o2)cc1. The monoisotopic (exact) mass is 846 g/mol. The van der Waals surface area contributed by atoms with Crippen molar-refractivity contribution in [2.45, 2.75) is 0 Å². The lowest BCUT2D eigenvalue weighted by Crippen LogP contribution is -2.74. The Bertz CT molecular complexity index is 3560. The van der Waals surface area contributed by atoms with Crippen LogP contribution in [0.25, 0.3) is 66.0 Å². The Morgan fingerprint density at radius 2 is 0.892 bits per heavy atom. The quantitative estimate of drug-likeness (QED) is 0.0823. The predicted molar refractivity (Wildman–Crippen MR) is 276 cm³/mol. The molecule has 0 spiro atoms. The molecule has 0 atom stereocenters. The number of rotatable bonds is 9. The van der Waals surface area contributed by atoms with Gasteiger partial charge in [-0.2, -0.15) is 0 Å². The number of oxazole rings is 1. The van der Waals surface area contributed by atoms with E-state index in [-0.39, 0.29) is 0 Å². The second kappa shape index (κ2) is 16.1. The molecule has 0 N–H and O–H groups in total. The van der Waals surface area contributed by atoms with Crippen molar-refractivity contribution in [3.05, 3.63) is 255 Å². The van der Waals surface area contributed by atoms with Gasteiger partial charge < -0.3 is 9.32 Å². The average Bonchev–Trinajstić information content (AvgIpc) is 3.83. The molecule has 0 fully saturated rings. The molecule has 0 radical (unpaired) electrons. The Morgan fingerprint density at radius 1 is 0.369 bits per heavy atom. The maximum Gasteiger partial charge on any atom is 0.227 e. The average molecular weight is 847 g/mol. The highest BCUT2D eigenvalue weighted by atomic mass is 28.3. The summed E-state index contributed by atoms with van der Waals surface area (Å²) in [5, 5.41) is 12.1. The van der Waals surface area contributed by atoms with Gasteiger partial charge in [0.15, 0.2) is 13.7 Å². The molecule has 0 unspecified atom stereocenters. The zero-order valence-electron chi connectivity index (χ0n) is 35.6. The van der Waals surface area contributed by atoms with Gasteiger partial charge in [-0.1, -0.05) is 206 Å². The van der Waals surface area contributed by atoms with Gasteiger partial charge in [0.05, 0.1) is 5.69 Å². The van der Waals surface area contributed by atoms with Crippen LogP contribution in [0.5, 0.6) is 0 Å². The Hall–Kier alpha value is -8.31. The van der Waals surface area contributed by atoms with Crippen LogP contribution < -0.4 is 25.6 Å². The minimum Gasteiger partial charge on any atom is -0.435 e. The van der Waals surface area contributed by atoms with Crippen LogP contribution in [0.2, 0.25) is 0 Å². The van der Waals surface area contributed by atoms with E-state index in [9.17, 15) is 0 Å². The summed E-state index contributed by atoms with van der Waals surface area (Å²) >= 11 is 0. The summed E-state index contributed by atoms with van der Waals surface area (Å²) in [4.78, 5) is 7.46.